The predicted octanol–water partition coefficient (Wildman–Crippen LogP) is -0.361. The maximum atomic E-state index is 12.1. The van der Waals surface area contributed by atoms with Gasteiger partial charge in [0, 0.05) is 35.4 Å². The maximum Gasteiger partial charge on any atom is 0.317 e. The van der Waals surface area contributed by atoms with Crippen LogP contribution in [0.15, 0.2) is 0 Å². The van der Waals surface area contributed by atoms with E-state index in [9.17, 15) is 13.8 Å². The van der Waals surface area contributed by atoms with E-state index in [4.69, 9.17) is 9.84 Å². The number of likely N-dealkylation sites (N-methyl/N-ethyl adjacent to an activating group) is 1. The molecular weight excluding hydrogens is 284 g/mol. The largest absolute Gasteiger partial charge is 0.481 e. The quantitative estimate of drug-likeness (QED) is 0.742. The summed E-state index contributed by atoms with van der Waals surface area (Å²) in [7, 11) is 0.826. The molecule has 8 heteroatoms. The minimum atomic E-state index is -0.944. The zero-order valence-electron chi connectivity index (χ0n) is 11.4. The number of ether oxygens (including phenoxy) is 1. The fraction of sp³-hybridized carbons (Fsp3) is 0.833. The fourth-order valence-electron chi connectivity index (χ4n) is 2.53. The molecule has 0 bridgehead atoms. The van der Waals surface area contributed by atoms with E-state index in [-0.39, 0.29) is 25.3 Å². The molecular formula is C12H20N2O5S. The Morgan fingerprint density at radius 1 is 1.30 bits per heavy atom. The number of carboxylic acids is 1. The smallest absolute Gasteiger partial charge is 0.317 e. The molecule has 0 aromatic heterocycles. The number of hydrogen-bond donors (Lipinski definition) is 2. The van der Waals surface area contributed by atoms with Gasteiger partial charge < -0.3 is 20.1 Å². The number of carboxylic acid groups (broad SMARTS) is 1. The molecule has 2 atom stereocenters. The molecule has 20 heavy (non-hydrogen) atoms. The van der Waals surface area contributed by atoms with Gasteiger partial charge in [0.1, 0.15) is 5.92 Å². The van der Waals surface area contributed by atoms with Gasteiger partial charge in [-0.25, -0.2) is 4.79 Å². The molecule has 2 unspecified atom stereocenters. The first-order chi connectivity index (χ1) is 9.49. The van der Waals surface area contributed by atoms with Crippen molar-refractivity contribution < 1.29 is 23.6 Å². The molecule has 0 aromatic carbocycles. The van der Waals surface area contributed by atoms with Gasteiger partial charge in [-0.15, -0.1) is 0 Å². The van der Waals surface area contributed by atoms with Gasteiger partial charge in [-0.1, -0.05) is 0 Å². The van der Waals surface area contributed by atoms with E-state index in [2.05, 4.69) is 5.32 Å². The molecule has 0 radical (unpaired) electrons. The summed E-state index contributed by atoms with van der Waals surface area (Å²) >= 11 is 0. The first kappa shape index (κ1) is 15.2. The number of nitrogens with zero attached hydrogens (tertiary/aromatic N) is 1. The molecule has 2 fully saturated rings. The van der Waals surface area contributed by atoms with Crippen LogP contribution in [-0.2, 0) is 20.3 Å². The third-order valence-corrected chi connectivity index (χ3v) is 5.28. The van der Waals surface area contributed by atoms with E-state index in [0.717, 1.165) is 0 Å². The Morgan fingerprint density at radius 3 is 2.55 bits per heavy atom. The van der Waals surface area contributed by atoms with E-state index in [1.165, 1.54) is 4.90 Å². The van der Waals surface area contributed by atoms with E-state index in [1.807, 2.05) is 0 Å². The Bertz CT molecular complexity index is 407. The second-order valence-electron chi connectivity index (χ2n) is 5.23. The lowest BCUT2D eigenvalue weighted by Crippen LogP contribution is -2.51. The number of carbonyl (C=O) groups is 2. The number of carbonyl (C=O) groups excluding carboxylic acids is 1. The normalized spacial score (nSPS) is 33.6. The summed E-state index contributed by atoms with van der Waals surface area (Å²) in [6.07, 6.45) is 1.41. The van der Waals surface area contributed by atoms with Gasteiger partial charge in [0.15, 0.2) is 0 Å². The molecule has 2 heterocycles. The Balaban J connectivity index is 1.88. The molecule has 2 saturated heterocycles. The zero-order valence-corrected chi connectivity index (χ0v) is 12.2. The van der Waals surface area contributed by atoms with Gasteiger partial charge in [0.05, 0.1) is 19.3 Å². The summed E-state index contributed by atoms with van der Waals surface area (Å²) in [4.78, 5) is 24.6. The van der Waals surface area contributed by atoms with E-state index >= 15 is 0 Å². The molecule has 0 aromatic rings. The van der Waals surface area contributed by atoms with Crippen molar-refractivity contribution in [2.75, 3.05) is 31.8 Å². The van der Waals surface area contributed by atoms with Crippen LogP contribution in [0, 0.1) is 5.92 Å². The van der Waals surface area contributed by atoms with Gasteiger partial charge in [0.25, 0.3) is 0 Å². The maximum absolute atomic E-state index is 12.1. The standard InChI is InChI=1S/C12H20N2O5S/c1-14(10-7-19-6-9(10)11(15)16)12(17)13-8-2-4-20(18)5-3-8/h8-10H,2-7H2,1H3,(H,13,17)(H,15,16). The number of rotatable bonds is 3. The highest BCUT2D eigenvalue weighted by Gasteiger charge is 2.38. The van der Waals surface area contributed by atoms with Gasteiger partial charge in [-0.3, -0.25) is 9.00 Å². The summed E-state index contributed by atoms with van der Waals surface area (Å²) in [5, 5.41) is 12.0. The summed E-state index contributed by atoms with van der Waals surface area (Å²) < 4.78 is 16.4. The second-order valence-corrected chi connectivity index (χ2v) is 6.93. The monoisotopic (exact) mass is 304 g/mol. The van der Waals surface area contributed by atoms with E-state index in [1.54, 1.807) is 7.05 Å². The number of amides is 2. The topological polar surface area (TPSA) is 95.9 Å². The first-order valence-electron chi connectivity index (χ1n) is 6.68. The lowest BCUT2D eigenvalue weighted by molar-refractivity contribution is -0.142. The van der Waals surface area contributed by atoms with E-state index in [0.29, 0.717) is 24.3 Å². The molecule has 2 amide bonds. The molecule has 2 N–H and O–H groups in total. The third-order valence-electron chi connectivity index (χ3n) is 3.90. The van der Waals surface area contributed by atoms with Crippen LogP contribution in [0.25, 0.3) is 0 Å². The average molecular weight is 304 g/mol. The highest BCUT2D eigenvalue weighted by molar-refractivity contribution is 7.85. The van der Waals surface area contributed by atoms with Crippen molar-refractivity contribution in [3.8, 4) is 0 Å². The summed E-state index contributed by atoms with van der Waals surface area (Å²) in [5.74, 6) is -0.400. The van der Waals surface area contributed by atoms with Crippen LogP contribution in [-0.4, -0.2) is 70.1 Å². The summed E-state index contributed by atoms with van der Waals surface area (Å²) in [6.45, 7) is 0.385. The Kier molecular flexibility index (Phi) is 4.98. The minimum absolute atomic E-state index is 0.0215. The Labute approximate surface area is 120 Å². The fourth-order valence-corrected chi connectivity index (χ4v) is 3.82. The molecule has 2 aliphatic heterocycles. The van der Waals surface area contributed by atoms with Crippen LogP contribution in [0.2, 0.25) is 0 Å². The molecule has 2 rings (SSSR count). The van der Waals surface area contributed by atoms with Crippen LogP contribution in [0.1, 0.15) is 12.8 Å². The first-order valence-corrected chi connectivity index (χ1v) is 8.16. The highest BCUT2D eigenvalue weighted by atomic mass is 32.2. The minimum Gasteiger partial charge on any atom is -0.481 e. The van der Waals surface area contributed by atoms with Crippen LogP contribution in [0.5, 0.6) is 0 Å². The molecule has 2 aliphatic rings. The van der Waals surface area contributed by atoms with Crippen molar-refractivity contribution in [3.63, 3.8) is 0 Å². The third kappa shape index (κ3) is 3.49. The molecule has 0 aliphatic carbocycles. The Morgan fingerprint density at radius 2 is 1.95 bits per heavy atom. The van der Waals surface area contributed by atoms with Crippen molar-refractivity contribution in [2.45, 2.75) is 24.9 Å². The SMILES string of the molecule is CN(C(=O)NC1CCS(=O)CC1)C1COCC1C(=O)O. The lowest BCUT2D eigenvalue weighted by Gasteiger charge is -2.30. The van der Waals surface area contributed by atoms with E-state index < -0.39 is 28.7 Å². The number of nitrogens with one attached hydrogen (secondary N) is 1. The highest BCUT2D eigenvalue weighted by Crippen LogP contribution is 2.19. The van der Waals surface area contributed by atoms with Gasteiger partial charge in [-0.05, 0) is 12.8 Å². The van der Waals surface area contributed by atoms with Crippen LogP contribution in [0.4, 0.5) is 4.79 Å². The Hall–Kier alpha value is -1.15. The number of urea groups is 1. The zero-order chi connectivity index (χ0) is 14.7. The van der Waals surface area contributed by atoms with Crippen LogP contribution in [0.3, 0.4) is 0 Å². The number of hydrogen-bond acceptors (Lipinski definition) is 4. The summed E-state index contributed by atoms with van der Waals surface area (Å²) in [6, 6.07) is -0.706. The van der Waals surface area contributed by atoms with Gasteiger partial charge in [0.2, 0.25) is 0 Å². The van der Waals surface area contributed by atoms with Crippen LogP contribution < -0.4 is 5.32 Å². The number of aliphatic carboxylic acids is 1. The van der Waals surface area contributed by atoms with Crippen molar-refractivity contribution in [1.82, 2.24) is 10.2 Å². The van der Waals surface area contributed by atoms with Crippen molar-refractivity contribution in [2.24, 2.45) is 5.92 Å². The van der Waals surface area contributed by atoms with Crippen molar-refractivity contribution in [1.29, 1.82) is 0 Å². The molecule has 0 saturated carbocycles. The van der Waals surface area contributed by atoms with Crippen LogP contribution >= 0.6 is 0 Å². The molecule has 114 valence electrons. The molecule has 7 nitrogen and oxygen atoms in total. The van der Waals surface area contributed by atoms with Crippen molar-refractivity contribution >= 4 is 22.8 Å². The lowest BCUT2D eigenvalue weighted by atomic mass is 10.0. The predicted molar refractivity (Wildman–Crippen MR) is 72.9 cm³/mol. The average Bonchev–Trinajstić information content (AvgIpc) is 2.90. The van der Waals surface area contributed by atoms with Gasteiger partial charge >= 0.3 is 12.0 Å². The van der Waals surface area contributed by atoms with Crippen molar-refractivity contribution in [3.05, 3.63) is 0 Å². The molecule has 0 spiro atoms. The second kappa shape index (κ2) is 6.53. The van der Waals surface area contributed by atoms with Gasteiger partial charge in [-0.2, -0.15) is 0 Å². The summed E-state index contributed by atoms with van der Waals surface area (Å²) in [5.41, 5.74) is 0.